The Bertz CT molecular complexity index is 215. The van der Waals surface area contributed by atoms with Gasteiger partial charge in [0.1, 0.15) is 0 Å². The molecule has 6 nitrogen and oxygen atoms in total. The molecule has 120 valence electrons. The van der Waals surface area contributed by atoms with E-state index in [4.69, 9.17) is 5.11 Å². The SMILES string of the molecule is CCCNCCNCCCNCCNCCCC(=O)O. The van der Waals surface area contributed by atoms with E-state index in [0.717, 1.165) is 58.8 Å². The molecule has 0 saturated carbocycles. The molecule has 20 heavy (non-hydrogen) atoms. The third-order valence-corrected chi connectivity index (χ3v) is 2.84. The minimum Gasteiger partial charge on any atom is -0.481 e. The minimum atomic E-state index is -0.720. The largest absolute Gasteiger partial charge is 0.481 e. The zero-order valence-electron chi connectivity index (χ0n) is 12.8. The Morgan fingerprint density at radius 1 is 0.750 bits per heavy atom. The molecule has 0 amide bonds. The van der Waals surface area contributed by atoms with Crippen LogP contribution in [0.5, 0.6) is 0 Å². The number of carboxylic acid groups (broad SMARTS) is 1. The van der Waals surface area contributed by atoms with Gasteiger partial charge in [0, 0.05) is 32.6 Å². The summed E-state index contributed by atoms with van der Waals surface area (Å²) in [5.41, 5.74) is 0. The Kier molecular flexibility index (Phi) is 15.8. The third kappa shape index (κ3) is 17.3. The fourth-order valence-electron chi connectivity index (χ4n) is 1.73. The van der Waals surface area contributed by atoms with Crippen LogP contribution in [0.2, 0.25) is 0 Å². The predicted molar refractivity (Wildman–Crippen MR) is 83.3 cm³/mol. The summed E-state index contributed by atoms with van der Waals surface area (Å²) in [6.07, 6.45) is 3.27. The summed E-state index contributed by atoms with van der Waals surface area (Å²) in [5.74, 6) is -0.720. The van der Waals surface area contributed by atoms with E-state index in [1.54, 1.807) is 0 Å². The Hall–Kier alpha value is -0.690. The molecule has 6 heteroatoms. The molecule has 0 rings (SSSR count). The lowest BCUT2D eigenvalue weighted by Crippen LogP contribution is -2.31. The standard InChI is InChI=1S/C14H32N4O2/c1-2-6-15-10-11-17-8-4-9-18-13-12-16-7-3-5-14(19)20/h15-18H,2-13H2,1H3,(H,19,20). The number of hydrogen-bond donors (Lipinski definition) is 5. The topological polar surface area (TPSA) is 85.4 Å². The molecule has 5 N–H and O–H groups in total. The molecule has 0 bridgehead atoms. The highest BCUT2D eigenvalue weighted by Gasteiger charge is 1.95. The van der Waals surface area contributed by atoms with Crippen molar-refractivity contribution in [1.29, 1.82) is 0 Å². The van der Waals surface area contributed by atoms with E-state index < -0.39 is 5.97 Å². The second kappa shape index (κ2) is 16.4. The number of nitrogens with one attached hydrogen (secondary N) is 4. The van der Waals surface area contributed by atoms with E-state index >= 15 is 0 Å². The zero-order chi connectivity index (χ0) is 14.9. The number of hydrogen-bond acceptors (Lipinski definition) is 5. The van der Waals surface area contributed by atoms with Gasteiger partial charge >= 0.3 is 5.97 Å². The van der Waals surface area contributed by atoms with Gasteiger partial charge in [0.25, 0.3) is 0 Å². The summed E-state index contributed by atoms with van der Waals surface area (Å²) in [6.45, 7) is 10.0. The molecule has 0 aliphatic heterocycles. The van der Waals surface area contributed by atoms with Gasteiger partial charge in [-0.3, -0.25) is 4.79 Å². The lowest BCUT2D eigenvalue weighted by atomic mass is 10.3. The average Bonchev–Trinajstić information content (AvgIpc) is 2.43. The first kappa shape index (κ1) is 19.3. The highest BCUT2D eigenvalue weighted by atomic mass is 16.4. The van der Waals surface area contributed by atoms with E-state index in [0.29, 0.717) is 6.42 Å². The molecule has 0 spiro atoms. The smallest absolute Gasteiger partial charge is 0.303 e. The van der Waals surface area contributed by atoms with Crippen molar-refractivity contribution in [3.63, 3.8) is 0 Å². The molecular formula is C14H32N4O2. The van der Waals surface area contributed by atoms with Gasteiger partial charge in [-0.05, 0) is 45.4 Å². The summed E-state index contributed by atoms with van der Waals surface area (Å²) in [5, 5.41) is 21.8. The summed E-state index contributed by atoms with van der Waals surface area (Å²) in [6, 6.07) is 0. The average molecular weight is 288 g/mol. The molecule has 0 aliphatic carbocycles. The lowest BCUT2D eigenvalue weighted by Gasteiger charge is -2.07. The van der Waals surface area contributed by atoms with Crippen molar-refractivity contribution in [2.75, 3.05) is 52.4 Å². The van der Waals surface area contributed by atoms with Crippen LogP contribution in [0.25, 0.3) is 0 Å². The summed E-state index contributed by atoms with van der Waals surface area (Å²) >= 11 is 0. The zero-order valence-corrected chi connectivity index (χ0v) is 12.8. The predicted octanol–water partition coefficient (Wildman–Crippen LogP) is 0.00970. The van der Waals surface area contributed by atoms with Gasteiger partial charge in [0.05, 0.1) is 0 Å². The van der Waals surface area contributed by atoms with Crippen LogP contribution in [0.15, 0.2) is 0 Å². The Balaban J connectivity index is 2.94. The summed E-state index contributed by atoms with van der Waals surface area (Å²) in [4.78, 5) is 10.3. The fourth-order valence-corrected chi connectivity index (χ4v) is 1.73. The normalized spacial score (nSPS) is 10.8. The van der Waals surface area contributed by atoms with Crippen LogP contribution in [0.4, 0.5) is 0 Å². The molecule has 0 radical (unpaired) electrons. The Morgan fingerprint density at radius 2 is 1.20 bits per heavy atom. The van der Waals surface area contributed by atoms with Crippen LogP contribution in [0, 0.1) is 0 Å². The highest BCUT2D eigenvalue weighted by Crippen LogP contribution is 1.84. The monoisotopic (exact) mass is 288 g/mol. The van der Waals surface area contributed by atoms with Gasteiger partial charge in [-0.2, -0.15) is 0 Å². The maximum atomic E-state index is 10.3. The van der Waals surface area contributed by atoms with Crippen molar-refractivity contribution in [3.05, 3.63) is 0 Å². The second-order valence-electron chi connectivity index (χ2n) is 4.85. The van der Waals surface area contributed by atoms with Gasteiger partial charge < -0.3 is 26.4 Å². The first-order valence-electron chi connectivity index (χ1n) is 7.82. The number of carboxylic acids is 1. The molecular weight excluding hydrogens is 256 g/mol. The third-order valence-electron chi connectivity index (χ3n) is 2.84. The van der Waals surface area contributed by atoms with Crippen LogP contribution in [-0.4, -0.2) is 63.4 Å². The molecule has 0 unspecified atom stereocenters. The van der Waals surface area contributed by atoms with Crippen molar-refractivity contribution in [1.82, 2.24) is 21.3 Å². The van der Waals surface area contributed by atoms with E-state index in [1.165, 1.54) is 6.42 Å². The molecule has 0 aromatic heterocycles. The maximum Gasteiger partial charge on any atom is 0.303 e. The quantitative estimate of drug-likeness (QED) is 0.257. The van der Waals surface area contributed by atoms with Crippen LogP contribution < -0.4 is 21.3 Å². The number of rotatable bonds is 16. The molecule has 0 aromatic rings. The van der Waals surface area contributed by atoms with Gasteiger partial charge in [-0.15, -0.1) is 0 Å². The summed E-state index contributed by atoms with van der Waals surface area (Å²) < 4.78 is 0. The van der Waals surface area contributed by atoms with Crippen LogP contribution in [-0.2, 0) is 4.79 Å². The van der Waals surface area contributed by atoms with E-state index in [9.17, 15) is 4.79 Å². The molecule has 0 atom stereocenters. The van der Waals surface area contributed by atoms with Crippen molar-refractivity contribution in [2.45, 2.75) is 32.6 Å². The first-order chi connectivity index (χ1) is 9.77. The van der Waals surface area contributed by atoms with E-state index in [1.807, 2.05) is 0 Å². The second-order valence-corrected chi connectivity index (χ2v) is 4.85. The Labute approximate surface area is 123 Å². The molecule has 0 fully saturated rings. The van der Waals surface area contributed by atoms with E-state index in [2.05, 4.69) is 28.2 Å². The number of carbonyl (C=O) groups is 1. The number of aliphatic carboxylic acids is 1. The molecule has 0 aromatic carbocycles. The first-order valence-corrected chi connectivity index (χ1v) is 7.82. The fraction of sp³-hybridized carbons (Fsp3) is 0.929. The van der Waals surface area contributed by atoms with Crippen LogP contribution in [0.3, 0.4) is 0 Å². The van der Waals surface area contributed by atoms with Gasteiger partial charge in [-0.25, -0.2) is 0 Å². The van der Waals surface area contributed by atoms with Gasteiger partial charge in [0.15, 0.2) is 0 Å². The van der Waals surface area contributed by atoms with Gasteiger partial charge in [-0.1, -0.05) is 6.92 Å². The van der Waals surface area contributed by atoms with Crippen LogP contribution in [0.1, 0.15) is 32.6 Å². The van der Waals surface area contributed by atoms with Crippen molar-refractivity contribution < 1.29 is 9.90 Å². The molecule has 0 heterocycles. The van der Waals surface area contributed by atoms with Crippen molar-refractivity contribution >= 4 is 5.97 Å². The van der Waals surface area contributed by atoms with E-state index in [-0.39, 0.29) is 6.42 Å². The van der Waals surface area contributed by atoms with Crippen molar-refractivity contribution in [2.24, 2.45) is 0 Å². The highest BCUT2D eigenvalue weighted by molar-refractivity contribution is 5.66. The maximum absolute atomic E-state index is 10.3. The lowest BCUT2D eigenvalue weighted by molar-refractivity contribution is -0.137. The van der Waals surface area contributed by atoms with Crippen molar-refractivity contribution in [3.8, 4) is 0 Å². The summed E-state index contributed by atoms with van der Waals surface area (Å²) in [7, 11) is 0. The Morgan fingerprint density at radius 3 is 1.65 bits per heavy atom. The van der Waals surface area contributed by atoms with Gasteiger partial charge in [0.2, 0.25) is 0 Å². The van der Waals surface area contributed by atoms with Crippen LogP contribution >= 0.6 is 0 Å². The minimum absolute atomic E-state index is 0.249. The molecule has 0 aliphatic rings. The molecule has 0 saturated heterocycles.